The number of hydrogen-bond acceptors (Lipinski definition) is 7. The molecule has 0 aliphatic heterocycles. The average Bonchev–Trinajstić information content (AvgIpc) is 3.21. The van der Waals surface area contributed by atoms with Crippen molar-refractivity contribution in [3.8, 4) is 28.7 Å². The monoisotopic (exact) mass is 397 g/mol. The van der Waals surface area contributed by atoms with Crippen molar-refractivity contribution in [2.45, 2.75) is 19.8 Å². The van der Waals surface area contributed by atoms with Crippen LogP contribution in [0.4, 0.5) is 6.01 Å². The smallest absolute Gasteiger partial charge is 0.322 e. The summed E-state index contributed by atoms with van der Waals surface area (Å²) in [4.78, 5) is 12.5. The molecule has 1 N–H and O–H groups in total. The Bertz CT molecular complexity index is 970. The number of methoxy groups -OCH3 is 2. The largest absolute Gasteiger partial charge is 0.497 e. The van der Waals surface area contributed by atoms with Gasteiger partial charge in [-0.05, 0) is 36.8 Å². The number of nitrogens with zero attached hydrogens (tertiary/aromatic N) is 2. The summed E-state index contributed by atoms with van der Waals surface area (Å²) < 4.78 is 21.7. The zero-order valence-corrected chi connectivity index (χ0v) is 16.6. The Morgan fingerprint density at radius 2 is 1.93 bits per heavy atom. The standard InChI is InChI=1S/C21H23N3O5/c1-4-5-11-28-16-8-6-7-14(12-16)19(25)22-21-24-23-20(29-21)17-10-9-15(26-2)13-18(17)27-3/h6-10,12-13H,4-5,11H2,1-3H3,(H,22,24,25). The summed E-state index contributed by atoms with van der Waals surface area (Å²) in [6.07, 6.45) is 1.99. The summed E-state index contributed by atoms with van der Waals surface area (Å²) in [5, 5.41) is 10.5. The SMILES string of the molecule is CCCCOc1cccc(C(=O)Nc2nnc(-c3ccc(OC)cc3OC)o2)c1. The van der Waals surface area contributed by atoms with Gasteiger partial charge in [0.25, 0.3) is 11.8 Å². The highest BCUT2D eigenvalue weighted by atomic mass is 16.5. The number of carbonyl (C=O) groups is 1. The molecule has 0 saturated carbocycles. The van der Waals surface area contributed by atoms with E-state index >= 15 is 0 Å². The van der Waals surface area contributed by atoms with Crippen LogP contribution < -0.4 is 19.5 Å². The van der Waals surface area contributed by atoms with Gasteiger partial charge < -0.3 is 18.6 Å². The van der Waals surface area contributed by atoms with Gasteiger partial charge in [0.2, 0.25) is 0 Å². The number of benzene rings is 2. The van der Waals surface area contributed by atoms with E-state index in [4.69, 9.17) is 18.6 Å². The predicted molar refractivity (Wildman–Crippen MR) is 108 cm³/mol. The van der Waals surface area contributed by atoms with E-state index in [1.807, 2.05) is 6.07 Å². The molecular formula is C21H23N3O5. The molecule has 0 atom stereocenters. The molecule has 0 aliphatic carbocycles. The van der Waals surface area contributed by atoms with Gasteiger partial charge in [0.1, 0.15) is 17.2 Å². The normalized spacial score (nSPS) is 10.4. The van der Waals surface area contributed by atoms with Crippen molar-refractivity contribution in [2.24, 2.45) is 0 Å². The number of amides is 1. The summed E-state index contributed by atoms with van der Waals surface area (Å²) in [5.41, 5.74) is 1.02. The minimum absolute atomic E-state index is 0.0137. The molecule has 3 aromatic rings. The third-order valence-electron chi connectivity index (χ3n) is 4.15. The van der Waals surface area contributed by atoms with Crippen LogP contribution in [0.2, 0.25) is 0 Å². The van der Waals surface area contributed by atoms with Crippen molar-refractivity contribution in [1.29, 1.82) is 0 Å². The van der Waals surface area contributed by atoms with E-state index in [9.17, 15) is 4.79 Å². The topological polar surface area (TPSA) is 95.7 Å². The molecule has 0 radical (unpaired) electrons. The quantitative estimate of drug-likeness (QED) is 0.541. The number of ether oxygens (including phenoxy) is 3. The molecule has 0 aliphatic rings. The maximum absolute atomic E-state index is 12.5. The minimum Gasteiger partial charge on any atom is -0.497 e. The van der Waals surface area contributed by atoms with Crippen LogP contribution in [0.3, 0.4) is 0 Å². The van der Waals surface area contributed by atoms with E-state index in [1.165, 1.54) is 7.11 Å². The van der Waals surface area contributed by atoms with Crippen LogP contribution >= 0.6 is 0 Å². The van der Waals surface area contributed by atoms with Crippen molar-refractivity contribution in [3.63, 3.8) is 0 Å². The lowest BCUT2D eigenvalue weighted by Crippen LogP contribution is -2.12. The average molecular weight is 397 g/mol. The molecule has 1 amide bonds. The van der Waals surface area contributed by atoms with E-state index in [0.717, 1.165) is 12.8 Å². The van der Waals surface area contributed by atoms with Crippen LogP contribution in [0.1, 0.15) is 30.1 Å². The van der Waals surface area contributed by atoms with Crippen LogP contribution in [0.25, 0.3) is 11.5 Å². The fourth-order valence-electron chi connectivity index (χ4n) is 2.59. The molecule has 1 heterocycles. The van der Waals surface area contributed by atoms with Crippen LogP contribution in [-0.4, -0.2) is 36.9 Å². The first-order valence-electron chi connectivity index (χ1n) is 9.24. The van der Waals surface area contributed by atoms with Gasteiger partial charge in [-0.15, -0.1) is 5.10 Å². The van der Waals surface area contributed by atoms with Gasteiger partial charge in [0.05, 0.1) is 26.4 Å². The van der Waals surface area contributed by atoms with Crippen molar-refractivity contribution in [1.82, 2.24) is 10.2 Å². The Balaban J connectivity index is 1.72. The highest BCUT2D eigenvalue weighted by molar-refractivity contribution is 6.03. The fourth-order valence-corrected chi connectivity index (χ4v) is 2.59. The van der Waals surface area contributed by atoms with Crippen LogP contribution in [-0.2, 0) is 0 Å². The van der Waals surface area contributed by atoms with Gasteiger partial charge in [-0.1, -0.05) is 24.5 Å². The second-order valence-corrected chi connectivity index (χ2v) is 6.16. The minimum atomic E-state index is -0.372. The molecule has 0 unspecified atom stereocenters. The highest BCUT2D eigenvalue weighted by Crippen LogP contribution is 2.33. The summed E-state index contributed by atoms with van der Waals surface area (Å²) >= 11 is 0. The van der Waals surface area contributed by atoms with Gasteiger partial charge in [-0.2, -0.15) is 0 Å². The van der Waals surface area contributed by atoms with E-state index in [2.05, 4.69) is 22.4 Å². The number of nitrogens with one attached hydrogen (secondary N) is 1. The van der Waals surface area contributed by atoms with Gasteiger partial charge in [0, 0.05) is 11.6 Å². The highest BCUT2D eigenvalue weighted by Gasteiger charge is 2.16. The molecule has 0 spiro atoms. The van der Waals surface area contributed by atoms with Crippen molar-refractivity contribution in [2.75, 3.05) is 26.1 Å². The summed E-state index contributed by atoms with van der Waals surface area (Å²) in [6.45, 7) is 2.70. The molecular weight excluding hydrogens is 374 g/mol. The number of carbonyl (C=O) groups excluding carboxylic acids is 1. The van der Waals surface area contributed by atoms with Crippen LogP contribution in [0.15, 0.2) is 46.9 Å². The molecule has 8 nitrogen and oxygen atoms in total. The maximum Gasteiger partial charge on any atom is 0.322 e. The van der Waals surface area contributed by atoms with E-state index in [1.54, 1.807) is 43.5 Å². The van der Waals surface area contributed by atoms with Crippen LogP contribution in [0, 0.1) is 0 Å². The predicted octanol–water partition coefficient (Wildman–Crippen LogP) is 4.19. The number of aromatic nitrogens is 2. The molecule has 2 aromatic carbocycles. The third kappa shape index (κ3) is 5.04. The van der Waals surface area contributed by atoms with Crippen molar-refractivity contribution in [3.05, 3.63) is 48.0 Å². The number of unbranched alkanes of at least 4 members (excludes halogenated alkanes) is 1. The van der Waals surface area contributed by atoms with Gasteiger partial charge >= 0.3 is 6.01 Å². The van der Waals surface area contributed by atoms with E-state index in [-0.39, 0.29) is 17.8 Å². The number of anilines is 1. The Morgan fingerprint density at radius 1 is 1.07 bits per heavy atom. The first-order valence-corrected chi connectivity index (χ1v) is 9.24. The van der Waals surface area contributed by atoms with Crippen molar-refractivity contribution < 1.29 is 23.4 Å². The Morgan fingerprint density at radius 3 is 2.69 bits per heavy atom. The zero-order chi connectivity index (χ0) is 20.6. The summed E-state index contributed by atoms with van der Waals surface area (Å²) in [7, 11) is 3.10. The van der Waals surface area contributed by atoms with E-state index in [0.29, 0.717) is 35.0 Å². The Hall–Kier alpha value is -3.55. The first-order chi connectivity index (χ1) is 14.1. The number of rotatable bonds is 9. The molecule has 29 heavy (non-hydrogen) atoms. The van der Waals surface area contributed by atoms with Gasteiger partial charge in [-0.25, -0.2) is 0 Å². The maximum atomic E-state index is 12.5. The number of hydrogen-bond donors (Lipinski definition) is 1. The Labute approximate surface area is 168 Å². The third-order valence-corrected chi connectivity index (χ3v) is 4.15. The summed E-state index contributed by atoms with van der Waals surface area (Å²) in [6, 6.07) is 12.1. The van der Waals surface area contributed by atoms with Crippen molar-refractivity contribution >= 4 is 11.9 Å². The first kappa shape index (κ1) is 20.2. The molecule has 3 rings (SSSR count). The molecule has 8 heteroatoms. The van der Waals surface area contributed by atoms with Gasteiger partial charge in [-0.3, -0.25) is 10.1 Å². The molecule has 0 fully saturated rings. The zero-order valence-electron chi connectivity index (χ0n) is 16.6. The molecule has 0 saturated heterocycles. The lowest BCUT2D eigenvalue weighted by Gasteiger charge is -2.07. The lowest BCUT2D eigenvalue weighted by molar-refractivity contribution is 0.102. The molecule has 1 aromatic heterocycles. The lowest BCUT2D eigenvalue weighted by atomic mass is 10.2. The Kier molecular flexibility index (Phi) is 6.67. The molecule has 0 bridgehead atoms. The second kappa shape index (κ2) is 9.59. The van der Waals surface area contributed by atoms with Gasteiger partial charge in [0.15, 0.2) is 0 Å². The summed E-state index contributed by atoms with van der Waals surface area (Å²) in [5.74, 6) is 1.64. The van der Waals surface area contributed by atoms with E-state index < -0.39 is 0 Å². The van der Waals surface area contributed by atoms with Crippen LogP contribution in [0.5, 0.6) is 17.2 Å². The fraction of sp³-hybridized carbons (Fsp3) is 0.286. The second-order valence-electron chi connectivity index (χ2n) is 6.16. The molecule has 152 valence electrons.